The minimum Gasteiger partial charge on any atom is -0.495 e. The van der Waals surface area contributed by atoms with Gasteiger partial charge in [-0.3, -0.25) is 9.48 Å². The molecular formula is C29H32ClFN4O6. The van der Waals surface area contributed by atoms with Gasteiger partial charge < -0.3 is 29.7 Å². The maximum Gasteiger partial charge on any atom is 0.251 e. The van der Waals surface area contributed by atoms with Crippen LogP contribution in [0.1, 0.15) is 22.8 Å². The van der Waals surface area contributed by atoms with Crippen LogP contribution in [0.25, 0.3) is 0 Å². The number of nitrogens with one attached hydrogen (secondary N) is 1. The Kier molecular flexibility index (Phi) is 11.0. The van der Waals surface area contributed by atoms with Crippen molar-refractivity contribution in [2.24, 2.45) is 4.99 Å². The van der Waals surface area contributed by atoms with E-state index in [0.29, 0.717) is 17.1 Å². The molecule has 1 amide bonds. The highest BCUT2D eigenvalue weighted by Gasteiger charge is 2.34. The summed E-state index contributed by atoms with van der Waals surface area (Å²) in [6, 6.07) is 10.3. The van der Waals surface area contributed by atoms with Crippen molar-refractivity contribution in [3.63, 3.8) is 0 Å². The molecule has 0 aliphatic carbocycles. The molecule has 3 N–H and O–H groups in total. The van der Waals surface area contributed by atoms with E-state index in [1.807, 2.05) is 0 Å². The number of halogens is 2. The second-order valence-corrected chi connectivity index (χ2v) is 9.15. The number of amides is 1. The minimum absolute atomic E-state index is 0.0661. The van der Waals surface area contributed by atoms with Gasteiger partial charge in [0.15, 0.2) is 11.5 Å². The van der Waals surface area contributed by atoms with E-state index in [1.165, 1.54) is 49.2 Å². The van der Waals surface area contributed by atoms with E-state index in [4.69, 9.17) is 30.9 Å². The number of allylic oxidation sites excluding steroid dienone is 2. The topological polar surface area (TPSA) is 127 Å². The van der Waals surface area contributed by atoms with Gasteiger partial charge in [0.2, 0.25) is 0 Å². The molecule has 1 atom stereocenters. The Morgan fingerprint density at radius 3 is 2.61 bits per heavy atom. The van der Waals surface area contributed by atoms with Gasteiger partial charge >= 0.3 is 0 Å². The van der Waals surface area contributed by atoms with Crippen molar-refractivity contribution < 1.29 is 33.6 Å². The maximum absolute atomic E-state index is 13.9. The third-order valence-corrected chi connectivity index (χ3v) is 6.27. The Balaban J connectivity index is 1.96. The van der Waals surface area contributed by atoms with E-state index in [9.17, 15) is 14.3 Å². The van der Waals surface area contributed by atoms with Crippen molar-refractivity contribution in [1.29, 1.82) is 0 Å². The molecule has 0 aliphatic heterocycles. The molecule has 41 heavy (non-hydrogen) atoms. The number of rotatable bonds is 14. The highest BCUT2D eigenvalue weighted by atomic mass is 35.5. The summed E-state index contributed by atoms with van der Waals surface area (Å²) < 4.78 is 31.4. The number of methoxy groups -OCH3 is 2. The van der Waals surface area contributed by atoms with Crippen LogP contribution in [0.4, 0.5) is 4.39 Å². The van der Waals surface area contributed by atoms with Crippen LogP contribution in [-0.2, 0) is 11.3 Å². The normalized spacial score (nSPS) is 13.3. The first-order valence-corrected chi connectivity index (χ1v) is 12.9. The van der Waals surface area contributed by atoms with E-state index in [2.05, 4.69) is 22.0 Å². The lowest BCUT2D eigenvalue weighted by Crippen LogP contribution is -2.47. The maximum atomic E-state index is 13.9. The largest absolute Gasteiger partial charge is 0.495 e. The SMILES string of the molecule is C=C(OC)C(=NC(=CC)C(O)(CNC(=O)c1ccc(OCCO)c(OC)c1)Cn1cccn1)c1ccc(F)c(Cl)c1. The quantitative estimate of drug-likeness (QED) is 0.194. The van der Waals surface area contributed by atoms with Crippen LogP contribution in [0.3, 0.4) is 0 Å². The molecule has 0 saturated carbocycles. The fourth-order valence-corrected chi connectivity index (χ4v) is 4.07. The molecule has 0 spiro atoms. The van der Waals surface area contributed by atoms with Crippen molar-refractivity contribution >= 4 is 23.2 Å². The lowest BCUT2D eigenvalue weighted by atomic mass is 9.98. The third-order valence-electron chi connectivity index (χ3n) is 5.98. The van der Waals surface area contributed by atoms with Gasteiger partial charge in [0, 0.05) is 23.5 Å². The van der Waals surface area contributed by atoms with Gasteiger partial charge in [-0.25, -0.2) is 9.38 Å². The van der Waals surface area contributed by atoms with E-state index >= 15 is 0 Å². The Morgan fingerprint density at radius 1 is 1.24 bits per heavy atom. The van der Waals surface area contributed by atoms with E-state index in [0.717, 1.165) is 0 Å². The molecule has 0 saturated heterocycles. The number of nitrogens with zero attached hydrogens (tertiary/aromatic N) is 3. The van der Waals surface area contributed by atoms with Crippen LogP contribution in [0.5, 0.6) is 11.5 Å². The second kappa shape index (κ2) is 14.4. The molecule has 0 radical (unpaired) electrons. The summed E-state index contributed by atoms with van der Waals surface area (Å²) in [4.78, 5) is 17.8. The summed E-state index contributed by atoms with van der Waals surface area (Å²) in [5.74, 6) is -0.287. The highest BCUT2D eigenvalue weighted by molar-refractivity contribution is 6.31. The number of carbonyl (C=O) groups is 1. The first kappa shape index (κ1) is 31.3. The molecule has 0 aliphatic rings. The molecule has 1 unspecified atom stereocenters. The highest BCUT2D eigenvalue weighted by Crippen LogP contribution is 2.29. The number of hydrogen-bond donors (Lipinski definition) is 3. The van der Waals surface area contributed by atoms with Gasteiger partial charge in [-0.2, -0.15) is 5.10 Å². The fourth-order valence-electron chi connectivity index (χ4n) is 3.89. The molecule has 0 fully saturated rings. The number of hydrogen-bond acceptors (Lipinski definition) is 8. The summed E-state index contributed by atoms with van der Waals surface area (Å²) in [5, 5.41) is 27.8. The standard InChI is InChI=1S/C29H32ClFN4O6/c1-5-26(34-27(19(2)39-3)20-7-9-23(31)22(30)15-20)29(38,18-35-12-6-11-33-35)17-32-28(37)21-8-10-24(41-14-13-36)25(16-21)40-4/h5-12,15-16,36,38H,2,13-14,17-18H2,1,3-4H3,(H,32,37). The number of carbonyl (C=O) groups excluding carboxylic acids is 1. The molecule has 1 aromatic heterocycles. The zero-order valence-corrected chi connectivity index (χ0v) is 23.7. The van der Waals surface area contributed by atoms with E-state index < -0.39 is 17.3 Å². The van der Waals surface area contributed by atoms with Crippen LogP contribution >= 0.6 is 11.6 Å². The molecular weight excluding hydrogens is 555 g/mol. The number of aliphatic hydroxyl groups is 2. The Hall–Kier alpha value is -4.19. The fraction of sp³-hybridized carbons (Fsp3) is 0.276. The van der Waals surface area contributed by atoms with E-state index in [-0.39, 0.29) is 54.1 Å². The van der Waals surface area contributed by atoms with Gasteiger partial charge in [-0.05, 0) is 49.4 Å². The summed E-state index contributed by atoms with van der Waals surface area (Å²) >= 11 is 6.01. The summed E-state index contributed by atoms with van der Waals surface area (Å²) in [6.45, 7) is 5.11. The summed E-state index contributed by atoms with van der Waals surface area (Å²) in [6.07, 6.45) is 4.80. The molecule has 3 aromatic rings. The summed E-state index contributed by atoms with van der Waals surface area (Å²) in [7, 11) is 2.84. The van der Waals surface area contributed by atoms with Crippen molar-refractivity contribution in [3.8, 4) is 11.5 Å². The Labute approximate surface area is 242 Å². The van der Waals surface area contributed by atoms with Crippen molar-refractivity contribution in [2.45, 2.75) is 19.1 Å². The Bertz CT molecular complexity index is 1430. The van der Waals surface area contributed by atoms with Gasteiger partial charge in [0.05, 0.1) is 44.6 Å². The molecule has 3 rings (SSSR count). The minimum atomic E-state index is -1.77. The number of benzene rings is 2. The number of aliphatic imine (C=N–C) groups is 1. The van der Waals surface area contributed by atoms with Gasteiger partial charge in [-0.15, -0.1) is 0 Å². The Morgan fingerprint density at radius 2 is 2.00 bits per heavy atom. The van der Waals surface area contributed by atoms with Gasteiger partial charge in [-0.1, -0.05) is 24.3 Å². The van der Waals surface area contributed by atoms with Gasteiger partial charge in [0.1, 0.15) is 29.5 Å². The number of ether oxygens (including phenoxy) is 3. The lowest BCUT2D eigenvalue weighted by Gasteiger charge is -2.29. The molecule has 0 bridgehead atoms. The average Bonchev–Trinajstić information content (AvgIpc) is 3.49. The zero-order valence-electron chi connectivity index (χ0n) is 22.9. The number of aliphatic hydroxyl groups excluding tert-OH is 1. The van der Waals surface area contributed by atoms with Crippen LogP contribution < -0.4 is 14.8 Å². The molecule has 1 heterocycles. The number of aromatic nitrogens is 2. The first-order valence-electron chi connectivity index (χ1n) is 12.5. The van der Waals surface area contributed by atoms with E-state index in [1.54, 1.807) is 37.5 Å². The monoisotopic (exact) mass is 586 g/mol. The molecule has 2 aromatic carbocycles. The predicted octanol–water partition coefficient (Wildman–Crippen LogP) is 3.77. The van der Waals surface area contributed by atoms with Crippen LogP contribution in [0, 0.1) is 5.82 Å². The molecule has 10 nitrogen and oxygen atoms in total. The first-order chi connectivity index (χ1) is 19.6. The van der Waals surface area contributed by atoms with Crippen molar-refractivity contribution in [1.82, 2.24) is 15.1 Å². The molecule has 12 heteroatoms. The van der Waals surface area contributed by atoms with Crippen molar-refractivity contribution in [3.05, 3.63) is 101 Å². The smallest absolute Gasteiger partial charge is 0.251 e. The van der Waals surface area contributed by atoms with Crippen molar-refractivity contribution in [2.75, 3.05) is 34.0 Å². The summed E-state index contributed by atoms with van der Waals surface area (Å²) in [5.41, 5.74) is -0.750. The average molecular weight is 587 g/mol. The predicted molar refractivity (Wildman–Crippen MR) is 153 cm³/mol. The van der Waals surface area contributed by atoms with Crippen LogP contribution in [0.2, 0.25) is 5.02 Å². The molecule has 218 valence electrons. The van der Waals surface area contributed by atoms with Crippen LogP contribution in [0.15, 0.2) is 84.0 Å². The second-order valence-electron chi connectivity index (χ2n) is 8.75. The van der Waals surface area contributed by atoms with Gasteiger partial charge in [0.25, 0.3) is 5.91 Å². The lowest BCUT2D eigenvalue weighted by molar-refractivity contribution is 0.0507. The zero-order chi connectivity index (χ0) is 30.0. The third kappa shape index (κ3) is 7.94. The van der Waals surface area contributed by atoms with Crippen LogP contribution in [-0.4, -0.2) is 71.2 Å².